The Hall–Kier alpha value is -2.81. The van der Waals surface area contributed by atoms with Gasteiger partial charge in [-0.1, -0.05) is 24.3 Å². The van der Waals surface area contributed by atoms with E-state index in [2.05, 4.69) is 20.0 Å². The van der Waals surface area contributed by atoms with Crippen LogP contribution in [0.15, 0.2) is 65.7 Å². The second-order valence-electron chi connectivity index (χ2n) is 8.73. The lowest BCUT2D eigenvalue weighted by Gasteiger charge is -2.29. The lowest BCUT2D eigenvalue weighted by Crippen LogP contribution is -2.41. The van der Waals surface area contributed by atoms with Crippen molar-refractivity contribution < 1.29 is 13.7 Å². The molecule has 1 aliphatic carbocycles. The van der Waals surface area contributed by atoms with Crippen LogP contribution in [0, 0.1) is 18.7 Å². The zero-order chi connectivity index (χ0) is 24.1. The largest absolute Gasteiger partial charge is 0.593 e. The van der Waals surface area contributed by atoms with E-state index in [1.54, 1.807) is 18.3 Å². The molecule has 2 aromatic carbocycles. The third-order valence-corrected chi connectivity index (χ3v) is 7.45. The molecule has 1 aliphatic rings. The SMILES string of the molecule is Cc1nccc(-c2cccc([S+]([O-])N[C@H]3CC[C@H](C(=O)N[C@H](C)c4ccc(F)cc4)CC3)c2)n1. The topological polar surface area (TPSA) is 90.0 Å². The van der Waals surface area contributed by atoms with E-state index >= 15 is 0 Å². The van der Waals surface area contributed by atoms with Crippen molar-refractivity contribution in [3.8, 4) is 11.3 Å². The molecule has 4 rings (SSSR count). The van der Waals surface area contributed by atoms with Gasteiger partial charge in [-0.15, -0.1) is 4.72 Å². The summed E-state index contributed by atoms with van der Waals surface area (Å²) in [7, 11) is 0. The molecule has 6 nitrogen and oxygen atoms in total. The predicted octanol–water partition coefficient (Wildman–Crippen LogP) is 4.64. The van der Waals surface area contributed by atoms with E-state index in [4.69, 9.17) is 0 Å². The number of nitrogens with one attached hydrogen (secondary N) is 2. The summed E-state index contributed by atoms with van der Waals surface area (Å²) < 4.78 is 29.3. The normalized spacial score (nSPS) is 19.9. The Balaban J connectivity index is 1.29. The van der Waals surface area contributed by atoms with E-state index in [9.17, 15) is 13.7 Å². The minimum Gasteiger partial charge on any atom is -0.593 e. The number of hydrogen-bond donors (Lipinski definition) is 2. The molecule has 0 aliphatic heterocycles. The quantitative estimate of drug-likeness (QED) is 0.481. The van der Waals surface area contributed by atoms with Gasteiger partial charge >= 0.3 is 0 Å². The number of halogens is 1. The summed E-state index contributed by atoms with van der Waals surface area (Å²) in [6, 6.07) is 15.5. The van der Waals surface area contributed by atoms with Gasteiger partial charge < -0.3 is 9.87 Å². The first kappa shape index (κ1) is 24.3. The van der Waals surface area contributed by atoms with Crippen LogP contribution in [-0.2, 0) is 16.2 Å². The van der Waals surface area contributed by atoms with E-state index in [0.29, 0.717) is 10.7 Å². The monoisotopic (exact) mass is 480 g/mol. The van der Waals surface area contributed by atoms with Crippen molar-refractivity contribution in [2.24, 2.45) is 5.92 Å². The fraction of sp³-hybridized carbons (Fsp3) is 0.346. The molecule has 8 heteroatoms. The highest BCUT2D eigenvalue weighted by Crippen LogP contribution is 2.27. The van der Waals surface area contributed by atoms with Gasteiger partial charge in [-0.25, -0.2) is 14.4 Å². The molecule has 0 spiro atoms. The summed E-state index contributed by atoms with van der Waals surface area (Å²) in [5.74, 6) is 0.347. The highest BCUT2D eigenvalue weighted by Gasteiger charge is 2.29. The summed E-state index contributed by atoms with van der Waals surface area (Å²) >= 11 is -1.35. The maximum Gasteiger partial charge on any atom is 0.223 e. The molecule has 34 heavy (non-hydrogen) atoms. The van der Waals surface area contributed by atoms with Gasteiger partial charge in [-0.2, -0.15) is 0 Å². The van der Waals surface area contributed by atoms with Crippen molar-refractivity contribution in [2.75, 3.05) is 0 Å². The highest BCUT2D eigenvalue weighted by atomic mass is 32.2. The average Bonchev–Trinajstić information content (AvgIpc) is 2.85. The fourth-order valence-corrected chi connectivity index (χ4v) is 5.36. The third kappa shape index (κ3) is 6.20. The number of amides is 1. The minimum absolute atomic E-state index is 0.0178. The first-order valence-corrected chi connectivity index (χ1v) is 12.7. The molecule has 1 saturated carbocycles. The second kappa shape index (κ2) is 11.1. The van der Waals surface area contributed by atoms with Crippen LogP contribution in [0.2, 0.25) is 0 Å². The van der Waals surface area contributed by atoms with Gasteiger partial charge in [-0.3, -0.25) is 4.79 Å². The molecule has 178 valence electrons. The first-order chi connectivity index (χ1) is 16.4. The molecule has 3 aromatic rings. The van der Waals surface area contributed by atoms with Crippen LogP contribution in [-0.4, -0.2) is 26.5 Å². The fourth-order valence-electron chi connectivity index (χ4n) is 4.25. The van der Waals surface area contributed by atoms with Crippen molar-refractivity contribution in [3.63, 3.8) is 0 Å². The van der Waals surface area contributed by atoms with Crippen LogP contribution < -0.4 is 10.0 Å². The Morgan fingerprint density at radius 3 is 2.56 bits per heavy atom. The molecule has 0 bridgehead atoms. The molecule has 1 unspecified atom stereocenters. The molecule has 1 aromatic heterocycles. The van der Waals surface area contributed by atoms with Gasteiger partial charge in [0.25, 0.3) is 0 Å². The van der Waals surface area contributed by atoms with E-state index in [0.717, 1.165) is 42.5 Å². The summed E-state index contributed by atoms with van der Waals surface area (Å²) in [6.45, 7) is 3.74. The lowest BCUT2D eigenvalue weighted by molar-refractivity contribution is -0.126. The molecule has 2 N–H and O–H groups in total. The van der Waals surface area contributed by atoms with Crippen molar-refractivity contribution in [1.29, 1.82) is 0 Å². The van der Waals surface area contributed by atoms with Crippen LogP contribution in [0.25, 0.3) is 11.3 Å². The summed E-state index contributed by atoms with van der Waals surface area (Å²) in [5, 5.41) is 3.04. The van der Waals surface area contributed by atoms with Gasteiger partial charge in [0, 0.05) is 23.7 Å². The number of rotatable bonds is 7. The van der Waals surface area contributed by atoms with E-state index in [-0.39, 0.29) is 29.7 Å². The number of aromatic nitrogens is 2. The van der Waals surface area contributed by atoms with Gasteiger partial charge in [0.1, 0.15) is 11.6 Å². The van der Waals surface area contributed by atoms with Gasteiger partial charge in [-0.05, 0) is 69.4 Å². The van der Waals surface area contributed by atoms with Crippen molar-refractivity contribution in [3.05, 3.63) is 78.0 Å². The van der Waals surface area contributed by atoms with Crippen LogP contribution in [0.4, 0.5) is 4.39 Å². The Bertz CT molecular complexity index is 1120. The maximum atomic E-state index is 13.1. The van der Waals surface area contributed by atoms with Crippen molar-refractivity contribution >= 4 is 17.3 Å². The molecule has 1 amide bonds. The Morgan fingerprint density at radius 1 is 1.12 bits per heavy atom. The number of carbonyl (C=O) groups is 1. The van der Waals surface area contributed by atoms with Crippen LogP contribution in [0.3, 0.4) is 0 Å². The third-order valence-electron chi connectivity index (χ3n) is 6.22. The smallest absolute Gasteiger partial charge is 0.223 e. The standard InChI is InChI=1S/C26H29FN4O2S/c1-17(19-6-10-22(27)11-7-19)29-26(32)20-8-12-23(13-9-20)31-34(33)24-5-3-4-21(16-24)25-14-15-28-18(2)30-25/h3-7,10-11,14-17,20,23,31H,8-9,12-13H2,1-2H3,(H,29,32)/t17-,20-,23-,34?/m1/s1. The van der Waals surface area contributed by atoms with E-state index < -0.39 is 11.4 Å². The molecule has 1 fully saturated rings. The van der Waals surface area contributed by atoms with Crippen LogP contribution in [0.1, 0.15) is 50.0 Å². The second-order valence-corrected chi connectivity index (χ2v) is 9.98. The predicted molar refractivity (Wildman–Crippen MR) is 130 cm³/mol. The summed E-state index contributed by atoms with van der Waals surface area (Å²) in [6.07, 6.45) is 4.74. The average molecular weight is 481 g/mol. The number of hydrogen-bond acceptors (Lipinski definition) is 5. The maximum absolute atomic E-state index is 13.1. The molecular formula is C26H29FN4O2S. The molecule has 1 heterocycles. The molecular weight excluding hydrogens is 451 g/mol. The number of benzene rings is 2. The number of carbonyl (C=O) groups excluding carboxylic acids is 1. The number of nitrogens with zero attached hydrogens (tertiary/aromatic N) is 2. The van der Waals surface area contributed by atoms with E-state index in [1.807, 2.05) is 44.2 Å². The van der Waals surface area contributed by atoms with Crippen LogP contribution in [0.5, 0.6) is 0 Å². The minimum atomic E-state index is -1.35. The van der Waals surface area contributed by atoms with Gasteiger partial charge in [0.15, 0.2) is 4.90 Å². The molecule has 0 radical (unpaired) electrons. The molecule has 2 atom stereocenters. The highest BCUT2D eigenvalue weighted by molar-refractivity contribution is 7.89. The summed E-state index contributed by atoms with van der Waals surface area (Å²) in [4.78, 5) is 22.0. The zero-order valence-electron chi connectivity index (χ0n) is 19.3. The van der Waals surface area contributed by atoms with Gasteiger partial charge in [0.2, 0.25) is 5.91 Å². The van der Waals surface area contributed by atoms with Gasteiger partial charge in [0.05, 0.1) is 29.1 Å². The Kier molecular flexibility index (Phi) is 7.92. The number of aryl methyl sites for hydroxylation is 1. The Labute approximate surface area is 202 Å². The zero-order valence-corrected chi connectivity index (χ0v) is 20.1. The lowest BCUT2D eigenvalue weighted by atomic mass is 9.85. The van der Waals surface area contributed by atoms with Crippen molar-refractivity contribution in [2.45, 2.75) is 56.5 Å². The Morgan fingerprint density at radius 2 is 1.85 bits per heavy atom. The van der Waals surface area contributed by atoms with Crippen LogP contribution >= 0.6 is 0 Å². The summed E-state index contributed by atoms with van der Waals surface area (Å²) in [5.41, 5.74) is 2.57. The molecule has 0 saturated heterocycles. The first-order valence-electron chi connectivity index (χ1n) is 11.5. The van der Waals surface area contributed by atoms with E-state index in [1.165, 1.54) is 12.1 Å². The van der Waals surface area contributed by atoms with Crippen molar-refractivity contribution in [1.82, 2.24) is 20.0 Å².